The number of likely N-dealkylation sites (tertiary alicyclic amines) is 1. The van der Waals surface area contributed by atoms with E-state index in [9.17, 15) is 0 Å². The highest BCUT2D eigenvalue weighted by Crippen LogP contribution is 2.34. The van der Waals surface area contributed by atoms with Crippen LogP contribution in [0.2, 0.25) is 0 Å². The third-order valence-corrected chi connectivity index (χ3v) is 4.67. The average Bonchev–Trinajstić information content (AvgIpc) is 2.66. The summed E-state index contributed by atoms with van der Waals surface area (Å²) in [5.74, 6) is 0.908. The summed E-state index contributed by atoms with van der Waals surface area (Å²) in [7, 11) is 0. The number of hydrogen-bond acceptors (Lipinski definition) is 1. The van der Waals surface area contributed by atoms with Crippen LogP contribution in [0.25, 0.3) is 0 Å². The molecular formula is C25H51N. The number of rotatable bonds is 6. The lowest BCUT2D eigenvalue weighted by molar-refractivity contribution is 0.121. The molecule has 0 saturated carbocycles. The predicted molar refractivity (Wildman–Crippen MR) is 125 cm³/mol. The van der Waals surface area contributed by atoms with E-state index in [1.54, 1.807) is 0 Å². The molecule has 0 aromatic heterocycles. The highest BCUT2D eigenvalue weighted by molar-refractivity contribution is 5.28. The summed E-state index contributed by atoms with van der Waals surface area (Å²) in [5.41, 5.74) is 1.58. The molecule has 0 amide bonds. The molecule has 156 valence electrons. The molecule has 26 heavy (non-hydrogen) atoms. The van der Waals surface area contributed by atoms with Gasteiger partial charge in [0.25, 0.3) is 0 Å². The second-order valence-electron chi connectivity index (χ2n) is 7.01. The van der Waals surface area contributed by atoms with Gasteiger partial charge in [-0.15, -0.1) is 0 Å². The second-order valence-corrected chi connectivity index (χ2v) is 7.01. The van der Waals surface area contributed by atoms with Crippen LogP contribution in [0.1, 0.15) is 95.4 Å². The van der Waals surface area contributed by atoms with Gasteiger partial charge in [-0.25, -0.2) is 0 Å². The van der Waals surface area contributed by atoms with Crippen LogP contribution < -0.4 is 0 Å². The summed E-state index contributed by atoms with van der Waals surface area (Å²) in [4.78, 5) is 2.67. The molecule has 0 aromatic carbocycles. The third-order valence-electron chi connectivity index (χ3n) is 4.67. The van der Waals surface area contributed by atoms with Crippen molar-refractivity contribution in [2.45, 2.75) is 101 Å². The Hall–Kier alpha value is -0.820. The molecule has 1 nitrogen and oxygen atoms in total. The first-order valence-electron chi connectivity index (χ1n) is 11.1. The standard InChI is InChI=1S/C19H33N.3C2H6/c1-7-9-18(10-8-2)19(5,6)15-17(4)20-13-11-16(3)12-14-20;3*1-2/h7-10,16-17H,1,11-15H2,2-6H3;3*1-2H3/b10-8-,18-9+;;;. The Morgan fingerprint density at radius 3 is 1.92 bits per heavy atom. The molecule has 1 atom stereocenters. The molecule has 1 aliphatic rings. The van der Waals surface area contributed by atoms with Gasteiger partial charge < -0.3 is 4.90 Å². The molecule has 1 heteroatoms. The maximum absolute atomic E-state index is 3.85. The van der Waals surface area contributed by atoms with Crippen LogP contribution in [-0.2, 0) is 0 Å². The molecule has 1 aliphatic heterocycles. The van der Waals surface area contributed by atoms with Gasteiger partial charge in [0.05, 0.1) is 0 Å². The number of hydrogen-bond donors (Lipinski definition) is 0. The molecule has 0 aliphatic carbocycles. The highest BCUT2D eigenvalue weighted by Gasteiger charge is 2.28. The van der Waals surface area contributed by atoms with Gasteiger partial charge in [0, 0.05) is 6.04 Å². The Bertz CT molecular complexity index is 354. The Morgan fingerprint density at radius 2 is 1.54 bits per heavy atom. The smallest absolute Gasteiger partial charge is 0.00752 e. The van der Waals surface area contributed by atoms with E-state index in [0.29, 0.717) is 6.04 Å². The van der Waals surface area contributed by atoms with Crippen molar-refractivity contribution < 1.29 is 0 Å². The summed E-state index contributed by atoms with van der Waals surface area (Å²) >= 11 is 0. The van der Waals surface area contributed by atoms with Crippen molar-refractivity contribution in [2.24, 2.45) is 11.3 Å². The van der Waals surface area contributed by atoms with Crippen LogP contribution in [0.3, 0.4) is 0 Å². The quantitative estimate of drug-likeness (QED) is 0.428. The van der Waals surface area contributed by atoms with Gasteiger partial charge in [-0.05, 0) is 63.1 Å². The minimum Gasteiger partial charge on any atom is -0.301 e. The molecule has 0 aromatic rings. The molecule has 1 fully saturated rings. The monoisotopic (exact) mass is 365 g/mol. The van der Waals surface area contributed by atoms with Gasteiger partial charge in [0.15, 0.2) is 0 Å². The van der Waals surface area contributed by atoms with Crippen molar-refractivity contribution in [1.29, 1.82) is 0 Å². The van der Waals surface area contributed by atoms with E-state index in [0.717, 1.165) is 5.92 Å². The molecule has 1 rings (SSSR count). The van der Waals surface area contributed by atoms with Crippen molar-refractivity contribution in [3.8, 4) is 0 Å². The van der Waals surface area contributed by atoms with Gasteiger partial charge in [0.2, 0.25) is 0 Å². The van der Waals surface area contributed by atoms with Gasteiger partial charge >= 0.3 is 0 Å². The van der Waals surface area contributed by atoms with Crippen LogP contribution in [0.4, 0.5) is 0 Å². The Labute approximate surface area is 167 Å². The summed E-state index contributed by atoms with van der Waals surface area (Å²) < 4.78 is 0. The number of nitrogens with zero attached hydrogens (tertiary/aromatic N) is 1. The zero-order valence-corrected chi connectivity index (χ0v) is 20.2. The van der Waals surface area contributed by atoms with Crippen molar-refractivity contribution in [3.05, 3.63) is 36.5 Å². The predicted octanol–water partition coefficient (Wildman–Crippen LogP) is 8.29. The fourth-order valence-electron chi connectivity index (χ4n) is 3.27. The molecule has 0 spiro atoms. The molecule has 1 heterocycles. The van der Waals surface area contributed by atoms with Gasteiger partial charge in [-0.1, -0.05) is 93.2 Å². The Balaban J connectivity index is -0.000000795. The zero-order valence-electron chi connectivity index (χ0n) is 20.2. The minimum absolute atomic E-state index is 0.198. The maximum Gasteiger partial charge on any atom is 0.00752 e. The Kier molecular flexibility index (Phi) is 21.8. The van der Waals surface area contributed by atoms with Crippen LogP contribution in [0, 0.1) is 11.3 Å². The van der Waals surface area contributed by atoms with Gasteiger partial charge in [-0.2, -0.15) is 0 Å². The zero-order chi connectivity index (χ0) is 21.2. The first-order valence-corrected chi connectivity index (χ1v) is 11.1. The third kappa shape index (κ3) is 12.5. The van der Waals surface area contributed by atoms with E-state index in [1.807, 2.05) is 47.6 Å². The highest BCUT2D eigenvalue weighted by atomic mass is 15.2. The lowest BCUT2D eigenvalue weighted by atomic mass is 9.77. The lowest BCUT2D eigenvalue weighted by Crippen LogP contribution is -2.41. The first kappa shape index (κ1) is 29.9. The molecular weight excluding hydrogens is 314 g/mol. The lowest BCUT2D eigenvalue weighted by Gasteiger charge is -2.39. The SMILES string of the molecule is C=C/C=C(\C=C/C)C(C)(C)CC(C)N1CCC(C)CC1.CC.CC.CC. The molecule has 1 unspecified atom stereocenters. The maximum atomic E-state index is 3.85. The molecule has 0 bridgehead atoms. The van der Waals surface area contributed by atoms with E-state index in [4.69, 9.17) is 0 Å². The van der Waals surface area contributed by atoms with Crippen molar-refractivity contribution >= 4 is 0 Å². The summed E-state index contributed by atoms with van der Waals surface area (Å²) in [6.45, 7) is 29.9. The van der Waals surface area contributed by atoms with Gasteiger partial charge in [-0.3, -0.25) is 0 Å². The number of allylic oxidation sites excluding steroid dienone is 5. The average molecular weight is 366 g/mol. The first-order chi connectivity index (χ1) is 12.4. The van der Waals surface area contributed by atoms with Crippen molar-refractivity contribution in [2.75, 3.05) is 13.1 Å². The number of piperidine rings is 1. The topological polar surface area (TPSA) is 3.24 Å². The van der Waals surface area contributed by atoms with Crippen molar-refractivity contribution in [3.63, 3.8) is 0 Å². The molecule has 1 saturated heterocycles. The van der Waals surface area contributed by atoms with Crippen LogP contribution >= 0.6 is 0 Å². The van der Waals surface area contributed by atoms with E-state index in [1.165, 1.54) is 37.9 Å². The largest absolute Gasteiger partial charge is 0.301 e. The van der Waals surface area contributed by atoms with E-state index in [2.05, 4.69) is 64.3 Å². The summed E-state index contributed by atoms with van der Waals surface area (Å²) in [6, 6.07) is 0.649. The molecule has 0 radical (unpaired) electrons. The van der Waals surface area contributed by atoms with Crippen LogP contribution in [-0.4, -0.2) is 24.0 Å². The van der Waals surface area contributed by atoms with E-state index in [-0.39, 0.29) is 5.41 Å². The van der Waals surface area contributed by atoms with Crippen molar-refractivity contribution in [1.82, 2.24) is 4.90 Å². The second kappa shape index (κ2) is 19.0. The minimum atomic E-state index is 0.198. The van der Waals surface area contributed by atoms with E-state index < -0.39 is 0 Å². The fraction of sp³-hybridized carbons (Fsp3) is 0.760. The summed E-state index contributed by atoms with van der Waals surface area (Å²) in [5, 5.41) is 0. The van der Waals surface area contributed by atoms with Gasteiger partial charge in [0.1, 0.15) is 0 Å². The molecule has 0 N–H and O–H groups in total. The fourth-order valence-corrected chi connectivity index (χ4v) is 3.27. The normalized spacial score (nSPS) is 17.1. The van der Waals surface area contributed by atoms with E-state index >= 15 is 0 Å². The Morgan fingerprint density at radius 1 is 1.08 bits per heavy atom. The van der Waals surface area contributed by atoms with Crippen LogP contribution in [0.15, 0.2) is 36.5 Å². The van der Waals surface area contributed by atoms with Crippen LogP contribution in [0.5, 0.6) is 0 Å². The summed E-state index contributed by atoms with van der Waals surface area (Å²) in [6.07, 6.45) is 12.3.